The molecule has 17 heavy (non-hydrogen) atoms. The van der Waals surface area contributed by atoms with Gasteiger partial charge in [0.05, 0.1) is 10.0 Å². The van der Waals surface area contributed by atoms with E-state index >= 15 is 0 Å². The zero-order valence-electron chi connectivity index (χ0n) is 10.0. The van der Waals surface area contributed by atoms with Gasteiger partial charge in [0.1, 0.15) is 0 Å². The van der Waals surface area contributed by atoms with Crippen LogP contribution in [-0.2, 0) is 0 Å². The molecule has 1 aliphatic rings. The highest BCUT2D eigenvalue weighted by molar-refractivity contribution is 6.42. The number of rotatable bonds is 3. The normalized spacial score (nSPS) is 21.5. The molecule has 0 bridgehead atoms. The highest BCUT2D eigenvalue weighted by Gasteiger charge is 2.16. The Kier molecular flexibility index (Phi) is 4.55. The molecule has 0 saturated carbocycles. The molecule has 2 rings (SSSR count). The van der Waals surface area contributed by atoms with Gasteiger partial charge in [-0.3, -0.25) is 0 Å². The van der Waals surface area contributed by atoms with Crippen LogP contribution in [0.1, 0.15) is 12.8 Å². The van der Waals surface area contributed by atoms with Crippen molar-refractivity contribution in [1.29, 1.82) is 0 Å². The van der Waals surface area contributed by atoms with E-state index in [1.54, 1.807) is 0 Å². The van der Waals surface area contributed by atoms with E-state index < -0.39 is 0 Å². The first-order chi connectivity index (χ1) is 8.15. The van der Waals surface area contributed by atoms with Gasteiger partial charge in [-0.2, -0.15) is 0 Å². The lowest BCUT2D eigenvalue weighted by Crippen LogP contribution is -2.35. The molecule has 1 aliphatic heterocycles. The average Bonchev–Trinajstić information content (AvgIpc) is 2.31. The fraction of sp³-hybridized carbons (Fsp3) is 0.538. The summed E-state index contributed by atoms with van der Waals surface area (Å²) in [6.45, 7) is 3.40. The molecule has 1 saturated heterocycles. The number of likely N-dealkylation sites (tertiary alicyclic amines) is 1. The maximum Gasteiger partial charge on any atom is 0.0612 e. The third kappa shape index (κ3) is 3.77. The zero-order valence-corrected chi connectivity index (χ0v) is 11.6. The highest BCUT2D eigenvalue weighted by Crippen LogP contribution is 2.25. The van der Waals surface area contributed by atoms with E-state index in [0.717, 1.165) is 18.2 Å². The van der Waals surface area contributed by atoms with Gasteiger partial charge < -0.3 is 10.2 Å². The molecule has 0 aromatic heterocycles. The molecular formula is C13H18Cl2N2. The molecule has 4 heteroatoms. The number of anilines is 1. The van der Waals surface area contributed by atoms with Gasteiger partial charge in [0, 0.05) is 18.8 Å². The van der Waals surface area contributed by atoms with Gasteiger partial charge in [-0.1, -0.05) is 23.2 Å². The Morgan fingerprint density at radius 2 is 2.18 bits per heavy atom. The van der Waals surface area contributed by atoms with Crippen LogP contribution in [0.15, 0.2) is 18.2 Å². The minimum atomic E-state index is 0.606. The topological polar surface area (TPSA) is 15.3 Å². The molecular weight excluding hydrogens is 255 g/mol. The SMILES string of the molecule is CN1CCCC(CNc2ccc(Cl)c(Cl)c2)C1. The Hall–Kier alpha value is -0.440. The maximum absolute atomic E-state index is 5.98. The first-order valence-electron chi connectivity index (χ1n) is 6.02. The number of benzene rings is 1. The maximum atomic E-state index is 5.98. The van der Waals surface area contributed by atoms with Gasteiger partial charge in [0.25, 0.3) is 0 Å². The minimum Gasteiger partial charge on any atom is -0.385 e. The van der Waals surface area contributed by atoms with Crippen LogP contribution < -0.4 is 5.32 Å². The van der Waals surface area contributed by atoms with Crippen LogP contribution >= 0.6 is 23.2 Å². The summed E-state index contributed by atoms with van der Waals surface area (Å²) in [5, 5.41) is 4.65. The summed E-state index contributed by atoms with van der Waals surface area (Å²) in [5.74, 6) is 0.725. The van der Waals surface area contributed by atoms with Crippen molar-refractivity contribution in [2.45, 2.75) is 12.8 Å². The Morgan fingerprint density at radius 1 is 1.35 bits per heavy atom. The summed E-state index contributed by atoms with van der Waals surface area (Å²) in [5.41, 5.74) is 1.05. The Labute approximate surface area is 113 Å². The monoisotopic (exact) mass is 272 g/mol. The van der Waals surface area contributed by atoms with Crippen molar-refractivity contribution in [3.05, 3.63) is 28.2 Å². The van der Waals surface area contributed by atoms with Crippen LogP contribution in [0, 0.1) is 5.92 Å². The molecule has 0 spiro atoms. The summed E-state index contributed by atoms with van der Waals surface area (Å²) < 4.78 is 0. The summed E-state index contributed by atoms with van der Waals surface area (Å²) in [7, 11) is 2.19. The largest absolute Gasteiger partial charge is 0.385 e. The lowest BCUT2D eigenvalue weighted by Gasteiger charge is -2.30. The molecule has 1 aromatic rings. The van der Waals surface area contributed by atoms with Crippen molar-refractivity contribution in [3.63, 3.8) is 0 Å². The number of hydrogen-bond acceptors (Lipinski definition) is 2. The molecule has 1 fully saturated rings. The van der Waals surface area contributed by atoms with Crippen molar-refractivity contribution in [2.75, 3.05) is 32.0 Å². The Morgan fingerprint density at radius 3 is 2.88 bits per heavy atom. The van der Waals surface area contributed by atoms with E-state index in [-0.39, 0.29) is 0 Å². The first-order valence-corrected chi connectivity index (χ1v) is 6.78. The van der Waals surface area contributed by atoms with E-state index in [1.807, 2.05) is 18.2 Å². The summed E-state index contributed by atoms with van der Waals surface area (Å²) >= 11 is 11.9. The van der Waals surface area contributed by atoms with Gasteiger partial charge in [-0.25, -0.2) is 0 Å². The molecule has 0 amide bonds. The van der Waals surface area contributed by atoms with E-state index in [9.17, 15) is 0 Å². The fourth-order valence-electron chi connectivity index (χ4n) is 2.31. The molecule has 1 heterocycles. The number of nitrogens with zero attached hydrogens (tertiary/aromatic N) is 1. The summed E-state index contributed by atoms with van der Waals surface area (Å²) in [6, 6.07) is 5.69. The molecule has 1 aromatic carbocycles. The number of nitrogens with one attached hydrogen (secondary N) is 1. The smallest absolute Gasteiger partial charge is 0.0612 e. The summed E-state index contributed by atoms with van der Waals surface area (Å²) in [6.07, 6.45) is 2.60. The second kappa shape index (κ2) is 5.94. The van der Waals surface area contributed by atoms with Crippen LogP contribution in [0.5, 0.6) is 0 Å². The lowest BCUT2D eigenvalue weighted by atomic mass is 9.98. The van der Waals surface area contributed by atoms with Gasteiger partial charge in [0.2, 0.25) is 0 Å². The summed E-state index contributed by atoms with van der Waals surface area (Å²) in [4.78, 5) is 2.39. The van der Waals surface area contributed by atoms with E-state index in [2.05, 4.69) is 17.3 Å². The van der Waals surface area contributed by atoms with Crippen LogP contribution in [0.4, 0.5) is 5.69 Å². The van der Waals surface area contributed by atoms with E-state index in [4.69, 9.17) is 23.2 Å². The Balaban J connectivity index is 1.86. The third-order valence-corrected chi connectivity index (χ3v) is 3.98. The van der Waals surface area contributed by atoms with Crippen molar-refractivity contribution >= 4 is 28.9 Å². The molecule has 94 valence electrons. The predicted octanol–water partition coefficient (Wildman–Crippen LogP) is 3.75. The third-order valence-electron chi connectivity index (χ3n) is 3.24. The number of halogens is 2. The first kappa shape index (κ1) is 13.0. The van der Waals surface area contributed by atoms with Crippen molar-refractivity contribution < 1.29 is 0 Å². The minimum absolute atomic E-state index is 0.606. The molecule has 2 nitrogen and oxygen atoms in total. The molecule has 0 aliphatic carbocycles. The van der Waals surface area contributed by atoms with Crippen LogP contribution in [0.2, 0.25) is 10.0 Å². The predicted molar refractivity (Wildman–Crippen MR) is 75.2 cm³/mol. The van der Waals surface area contributed by atoms with Gasteiger partial charge in [-0.15, -0.1) is 0 Å². The van der Waals surface area contributed by atoms with Crippen LogP contribution in [-0.4, -0.2) is 31.6 Å². The van der Waals surface area contributed by atoms with Gasteiger partial charge >= 0.3 is 0 Å². The van der Waals surface area contributed by atoms with Crippen LogP contribution in [0.25, 0.3) is 0 Å². The highest BCUT2D eigenvalue weighted by atomic mass is 35.5. The lowest BCUT2D eigenvalue weighted by molar-refractivity contribution is 0.217. The Bertz CT molecular complexity index is 382. The fourth-order valence-corrected chi connectivity index (χ4v) is 2.61. The standard InChI is InChI=1S/C13H18Cl2N2/c1-17-6-2-3-10(9-17)8-16-11-4-5-12(14)13(15)7-11/h4-5,7,10,16H,2-3,6,8-9H2,1H3. The average molecular weight is 273 g/mol. The van der Waals surface area contributed by atoms with Crippen LogP contribution in [0.3, 0.4) is 0 Å². The molecule has 1 N–H and O–H groups in total. The molecule has 1 unspecified atom stereocenters. The number of piperidine rings is 1. The van der Waals surface area contributed by atoms with Gasteiger partial charge in [-0.05, 0) is 50.6 Å². The van der Waals surface area contributed by atoms with E-state index in [1.165, 1.54) is 25.9 Å². The van der Waals surface area contributed by atoms with Crippen molar-refractivity contribution in [2.24, 2.45) is 5.92 Å². The molecule has 0 radical (unpaired) electrons. The second-order valence-corrected chi connectivity index (χ2v) is 5.59. The quantitative estimate of drug-likeness (QED) is 0.902. The van der Waals surface area contributed by atoms with Crippen molar-refractivity contribution in [1.82, 2.24) is 4.90 Å². The molecule has 1 atom stereocenters. The number of hydrogen-bond donors (Lipinski definition) is 1. The zero-order chi connectivity index (χ0) is 12.3. The second-order valence-electron chi connectivity index (χ2n) is 4.78. The van der Waals surface area contributed by atoms with Gasteiger partial charge in [0.15, 0.2) is 0 Å². The van der Waals surface area contributed by atoms with Crippen molar-refractivity contribution in [3.8, 4) is 0 Å². The van der Waals surface area contributed by atoms with E-state index in [0.29, 0.717) is 10.0 Å².